The van der Waals surface area contributed by atoms with Gasteiger partial charge in [0.05, 0.1) is 13.2 Å². The molecule has 1 aromatic rings. The number of rotatable bonds is 5. The van der Waals surface area contributed by atoms with Gasteiger partial charge >= 0.3 is 0 Å². The van der Waals surface area contributed by atoms with Crippen LogP contribution in [0.1, 0.15) is 18.1 Å². The second kappa shape index (κ2) is 8.43. The third-order valence-corrected chi connectivity index (χ3v) is 4.84. The van der Waals surface area contributed by atoms with Gasteiger partial charge in [-0.2, -0.15) is 0 Å². The first-order chi connectivity index (χ1) is 11.8. The lowest BCUT2D eigenvalue weighted by molar-refractivity contribution is 0.0389. The van der Waals surface area contributed by atoms with Gasteiger partial charge < -0.3 is 19.9 Å². The van der Waals surface area contributed by atoms with Crippen LogP contribution < -0.4 is 10.6 Å². The molecule has 2 aliphatic rings. The average molecular weight is 335 g/mol. The summed E-state index contributed by atoms with van der Waals surface area (Å²) in [5, 5.41) is 15.3. The summed E-state index contributed by atoms with van der Waals surface area (Å²) in [5.41, 5.74) is 0. The first-order valence-electron chi connectivity index (χ1n) is 8.89. The fraction of sp³-hybridized carbons (Fsp3) is 0.812. The van der Waals surface area contributed by atoms with Crippen LogP contribution in [0.3, 0.4) is 0 Å². The van der Waals surface area contributed by atoms with E-state index in [1.54, 1.807) is 0 Å². The summed E-state index contributed by atoms with van der Waals surface area (Å²) in [7, 11) is 1.83. The molecular formula is C16H29N7O. The van der Waals surface area contributed by atoms with Crippen LogP contribution in [0.2, 0.25) is 0 Å². The van der Waals surface area contributed by atoms with E-state index in [1.165, 1.54) is 0 Å². The Kier molecular flexibility index (Phi) is 6.03. The predicted octanol–water partition coefficient (Wildman–Crippen LogP) is -0.354. The van der Waals surface area contributed by atoms with E-state index < -0.39 is 0 Å². The Morgan fingerprint density at radius 2 is 2.12 bits per heavy atom. The van der Waals surface area contributed by atoms with Crippen LogP contribution in [0.5, 0.6) is 0 Å². The van der Waals surface area contributed by atoms with E-state index in [1.807, 2.05) is 14.0 Å². The fourth-order valence-electron chi connectivity index (χ4n) is 3.32. The molecule has 24 heavy (non-hydrogen) atoms. The highest BCUT2D eigenvalue weighted by Crippen LogP contribution is 2.19. The maximum absolute atomic E-state index is 5.37. The van der Waals surface area contributed by atoms with Gasteiger partial charge in [-0.15, -0.1) is 10.2 Å². The van der Waals surface area contributed by atoms with Gasteiger partial charge in [0.2, 0.25) is 0 Å². The smallest absolute Gasteiger partial charge is 0.191 e. The maximum atomic E-state index is 5.37. The molecule has 0 bridgehead atoms. The van der Waals surface area contributed by atoms with E-state index in [-0.39, 0.29) is 0 Å². The second-order valence-corrected chi connectivity index (χ2v) is 6.51. The van der Waals surface area contributed by atoms with Crippen molar-refractivity contribution >= 4 is 5.96 Å². The van der Waals surface area contributed by atoms with Crippen LogP contribution in [0.25, 0.3) is 0 Å². The van der Waals surface area contributed by atoms with Crippen molar-refractivity contribution in [1.82, 2.24) is 30.3 Å². The number of aryl methyl sites for hydroxylation is 2. The molecule has 1 unspecified atom stereocenters. The molecule has 8 heteroatoms. The molecular weight excluding hydrogens is 306 g/mol. The van der Waals surface area contributed by atoms with Crippen LogP contribution in [0.4, 0.5) is 0 Å². The number of guanidine groups is 1. The average Bonchev–Trinajstić information content (AvgIpc) is 2.99. The van der Waals surface area contributed by atoms with E-state index >= 15 is 0 Å². The Balaban J connectivity index is 1.37. The summed E-state index contributed by atoms with van der Waals surface area (Å²) < 4.78 is 7.61. The molecule has 2 aliphatic heterocycles. The maximum Gasteiger partial charge on any atom is 0.191 e. The molecule has 1 fully saturated rings. The minimum Gasteiger partial charge on any atom is -0.379 e. The minimum absolute atomic E-state index is 0.588. The highest BCUT2D eigenvalue weighted by atomic mass is 16.5. The molecule has 8 nitrogen and oxygen atoms in total. The number of fused-ring (bicyclic) bond motifs is 1. The molecule has 134 valence electrons. The van der Waals surface area contributed by atoms with Gasteiger partial charge in [0, 0.05) is 52.7 Å². The summed E-state index contributed by atoms with van der Waals surface area (Å²) in [6, 6.07) is 0. The standard InChI is InChI=1S/C16H29N7O/c1-13-20-21-15-4-3-14(12-23(13)15)11-19-16(17-2)18-5-6-22-7-9-24-10-8-22/h14H,3-12H2,1-2H3,(H2,17,18,19). The number of aromatic nitrogens is 3. The van der Waals surface area contributed by atoms with E-state index in [0.29, 0.717) is 5.92 Å². The molecule has 2 N–H and O–H groups in total. The molecule has 1 aromatic heterocycles. The van der Waals surface area contributed by atoms with Gasteiger partial charge in [-0.05, 0) is 19.3 Å². The Morgan fingerprint density at radius 1 is 1.29 bits per heavy atom. The fourth-order valence-corrected chi connectivity index (χ4v) is 3.32. The monoisotopic (exact) mass is 335 g/mol. The molecule has 1 saturated heterocycles. The van der Waals surface area contributed by atoms with Crippen molar-refractivity contribution in [3.63, 3.8) is 0 Å². The zero-order valence-electron chi connectivity index (χ0n) is 14.8. The number of hydrogen-bond acceptors (Lipinski definition) is 5. The molecule has 0 aromatic carbocycles. The zero-order chi connectivity index (χ0) is 16.8. The minimum atomic E-state index is 0.588. The molecule has 0 spiro atoms. The Labute approximate surface area is 143 Å². The van der Waals surface area contributed by atoms with E-state index in [0.717, 1.165) is 82.9 Å². The first kappa shape index (κ1) is 17.2. The highest BCUT2D eigenvalue weighted by molar-refractivity contribution is 5.79. The molecule has 3 heterocycles. The van der Waals surface area contributed by atoms with E-state index in [2.05, 4.69) is 35.3 Å². The number of ether oxygens (including phenoxy) is 1. The van der Waals surface area contributed by atoms with E-state index in [4.69, 9.17) is 4.74 Å². The van der Waals surface area contributed by atoms with Gasteiger partial charge in [-0.3, -0.25) is 9.89 Å². The van der Waals surface area contributed by atoms with Gasteiger partial charge in [0.25, 0.3) is 0 Å². The first-order valence-corrected chi connectivity index (χ1v) is 8.89. The van der Waals surface area contributed by atoms with Crippen LogP contribution in [0.15, 0.2) is 4.99 Å². The Hall–Kier alpha value is -1.67. The molecule has 0 aliphatic carbocycles. The summed E-state index contributed by atoms with van der Waals surface area (Å²) in [5.74, 6) is 3.61. The molecule has 0 radical (unpaired) electrons. The predicted molar refractivity (Wildman–Crippen MR) is 93.2 cm³/mol. The Bertz CT molecular complexity index is 551. The number of nitrogens with one attached hydrogen (secondary N) is 2. The number of aliphatic imine (C=N–C) groups is 1. The van der Waals surface area contributed by atoms with Crippen molar-refractivity contribution in [2.75, 3.05) is 53.0 Å². The molecule has 1 atom stereocenters. The number of hydrogen-bond donors (Lipinski definition) is 2. The van der Waals surface area contributed by atoms with Gasteiger partial charge in [-0.25, -0.2) is 0 Å². The van der Waals surface area contributed by atoms with Crippen LogP contribution >= 0.6 is 0 Å². The van der Waals surface area contributed by atoms with Crippen molar-refractivity contribution in [2.24, 2.45) is 10.9 Å². The van der Waals surface area contributed by atoms with Crippen molar-refractivity contribution in [2.45, 2.75) is 26.3 Å². The van der Waals surface area contributed by atoms with E-state index in [9.17, 15) is 0 Å². The third-order valence-electron chi connectivity index (χ3n) is 4.84. The van der Waals surface area contributed by atoms with Crippen molar-refractivity contribution in [3.05, 3.63) is 11.6 Å². The number of nitrogens with zero attached hydrogens (tertiary/aromatic N) is 5. The lowest BCUT2D eigenvalue weighted by Crippen LogP contribution is -2.45. The Morgan fingerprint density at radius 3 is 2.92 bits per heavy atom. The van der Waals surface area contributed by atoms with Crippen LogP contribution in [0, 0.1) is 12.8 Å². The number of morpholine rings is 1. The quantitative estimate of drug-likeness (QED) is 0.565. The van der Waals surface area contributed by atoms with Gasteiger partial charge in [-0.1, -0.05) is 0 Å². The summed E-state index contributed by atoms with van der Waals surface area (Å²) in [6.07, 6.45) is 2.16. The SMILES string of the molecule is CN=C(NCCN1CCOCC1)NCC1CCc2nnc(C)n2C1. The van der Waals surface area contributed by atoms with Gasteiger partial charge in [0.15, 0.2) is 5.96 Å². The largest absolute Gasteiger partial charge is 0.379 e. The van der Waals surface area contributed by atoms with Crippen molar-refractivity contribution in [3.8, 4) is 0 Å². The van der Waals surface area contributed by atoms with Crippen LogP contribution in [-0.2, 0) is 17.7 Å². The summed E-state index contributed by atoms with van der Waals surface area (Å²) in [6.45, 7) is 9.61. The molecule has 0 saturated carbocycles. The second-order valence-electron chi connectivity index (χ2n) is 6.51. The zero-order valence-corrected chi connectivity index (χ0v) is 14.8. The van der Waals surface area contributed by atoms with Crippen LogP contribution in [-0.4, -0.2) is 78.6 Å². The lowest BCUT2D eigenvalue weighted by atomic mass is 9.99. The lowest BCUT2D eigenvalue weighted by Gasteiger charge is -2.27. The third kappa shape index (κ3) is 4.45. The topological polar surface area (TPSA) is 79.6 Å². The molecule has 3 rings (SSSR count). The van der Waals surface area contributed by atoms with Crippen molar-refractivity contribution < 1.29 is 4.74 Å². The summed E-state index contributed by atoms with van der Waals surface area (Å²) in [4.78, 5) is 6.74. The molecule has 0 amide bonds. The normalized spacial score (nSPS) is 22.2. The highest BCUT2D eigenvalue weighted by Gasteiger charge is 2.21. The summed E-state index contributed by atoms with van der Waals surface area (Å²) >= 11 is 0. The van der Waals surface area contributed by atoms with Crippen molar-refractivity contribution in [1.29, 1.82) is 0 Å². The van der Waals surface area contributed by atoms with Gasteiger partial charge in [0.1, 0.15) is 11.6 Å².